The number of hydrogen-bond donors (Lipinski definition) is 2. The normalized spacial score (nSPS) is 12.7. The van der Waals surface area contributed by atoms with Crippen LogP contribution in [0, 0.1) is 0 Å². The van der Waals surface area contributed by atoms with E-state index >= 15 is 0 Å². The van der Waals surface area contributed by atoms with Crippen molar-refractivity contribution in [3.63, 3.8) is 0 Å². The van der Waals surface area contributed by atoms with Crippen molar-refractivity contribution in [1.29, 1.82) is 0 Å². The van der Waals surface area contributed by atoms with Gasteiger partial charge in [-0.15, -0.1) is 0 Å². The van der Waals surface area contributed by atoms with Gasteiger partial charge in [0.25, 0.3) is 0 Å². The van der Waals surface area contributed by atoms with Gasteiger partial charge < -0.3 is 20.1 Å². The van der Waals surface area contributed by atoms with E-state index in [-0.39, 0.29) is 12.1 Å². The first-order valence-corrected chi connectivity index (χ1v) is 9.04. The number of rotatable bonds is 9. The Hall–Kier alpha value is -1.28. The molecule has 2 N–H and O–H groups in total. The highest BCUT2D eigenvalue weighted by atomic mass is 33.1. The summed E-state index contributed by atoms with van der Waals surface area (Å²) in [5, 5.41) is 5.43. The molecule has 0 rings (SSSR count). The molecule has 0 aliphatic heterocycles. The molecule has 2 unspecified atom stereocenters. The minimum atomic E-state index is -0.481. The number of nitrogens with one attached hydrogen (secondary N) is 2. The molecule has 6 nitrogen and oxygen atoms in total. The van der Waals surface area contributed by atoms with Gasteiger partial charge in [0, 0.05) is 11.5 Å². The smallest absolute Gasteiger partial charge is 0.407 e. The summed E-state index contributed by atoms with van der Waals surface area (Å²) in [5.74, 6) is 1.30. The van der Waals surface area contributed by atoms with Crippen LogP contribution in [0.1, 0.15) is 13.8 Å². The molecule has 0 radical (unpaired) electrons. The number of methoxy groups -OCH3 is 2. The highest BCUT2D eigenvalue weighted by molar-refractivity contribution is 8.76. The van der Waals surface area contributed by atoms with Crippen molar-refractivity contribution in [2.45, 2.75) is 25.9 Å². The van der Waals surface area contributed by atoms with Crippen molar-refractivity contribution in [3.8, 4) is 0 Å². The molecule has 0 aliphatic carbocycles. The lowest BCUT2D eigenvalue weighted by atomic mass is 10.2. The Morgan fingerprint density at radius 3 is 1.45 bits per heavy atom. The van der Waals surface area contributed by atoms with E-state index in [1.54, 1.807) is 21.6 Å². The lowest BCUT2D eigenvalue weighted by Gasteiger charge is -2.19. The Labute approximate surface area is 139 Å². The van der Waals surface area contributed by atoms with Crippen molar-refractivity contribution in [2.75, 3.05) is 25.7 Å². The Kier molecular flexibility index (Phi) is 10.7. The van der Waals surface area contributed by atoms with Gasteiger partial charge in [-0.25, -0.2) is 9.59 Å². The highest BCUT2D eigenvalue weighted by Crippen LogP contribution is 2.25. The molecule has 0 bridgehead atoms. The third-order valence-electron chi connectivity index (χ3n) is 2.70. The third kappa shape index (κ3) is 8.89. The Morgan fingerprint density at radius 1 is 0.909 bits per heavy atom. The van der Waals surface area contributed by atoms with Crippen molar-refractivity contribution < 1.29 is 19.1 Å². The van der Waals surface area contributed by atoms with Gasteiger partial charge in [-0.1, -0.05) is 45.9 Å². The largest absolute Gasteiger partial charge is 0.453 e. The average Bonchev–Trinajstić information content (AvgIpc) is 2.47. The third-order valence-corrected chi connectivity index (χ3v) is 5.12. The molecule has 0 saturated heterocycles. The quantitative estimate of drug-likeness (QED) is 0.379. The van der Waals surface area contributed by atoms with Gasteiger partial charge in [0.2, 0.25) is 0 Å². The Morgan fingerprint density at radius 2 is 1.23 bits per heavy atom. The fraction of sp³-hybridized carbons (Fsp3) is 0.571. The predicted molar refractivity (Wildman–Crippen MR) is 93.2 cm³/mol. The van der Waals surface area contributed by atoms with Crippen LogP contribution in [0.25, 0.3) is 0 Å². The van der Waals surface area contributed by atoms with Crippen LogP contribution >= 0.6 is 21.6 Å². The number of hydrogen-bond acceptors (Lipinski definition) is 6. The second-order valence-electron chi connectivity index (χ2n) is 4.64. The summed E-state index contributed by atoms with van der Waals surface area (Å²) < 4.78 is 9.17. The number of ether oxygens (including phenoxy) is 2. The van der Waals surface area contributed by atoms with Crippen molar-refractivity contribution >= 4 is 33.8 Å². The lowest BCUT2D eigenvalue weighted by molar-refractivity contribution is 0.168. The first-order valence-electron chi connectivity index (χ1n) is 6.56. The number of carbonyl (C=O) groups excluding carboxylic acids is 2. The number of amides is 2. The summed E-state index contributed by atoms with van der Waals surface area (Å²) >= 11 is 0. The van der Waals surface area contributed by atoms with Gasteiger partial charge in [0.1, 0.15) is 0 Å². The zero-order valence-corrected chi connectivity index (χ0v) is 15.1. The standard InChI is InChI=1S/C14H24N2O4S2/c1-9(2)11(15-13(17)19-5)7-21-22-8-12(10(3)4)16-14(18)20-6/h11-12H,1,3,7-8H2,2,4-6H3,(H,15,17)(H,16,18). The van der Waals surface area contributed by atoms with E-state index in [9.17, 15) is 9.59 Å². The zero-order chi connectivity index (χ0) is 17.1. The maximum Gasteiger partial charge on any atom is 0.407 e. The van der Waals surface area contributed by atoms with Crippen molar-refractivity contribution in [2.24, 2.45) is 0 Å². The van der Waals surface area contributed by atoms with E-state index in [4.69, 9.17) is 0 Å². The summed E-state index contributed by atoms with van der Waals surface area (Å²) in [6, 6.07) is -0.330. The first kappa shape index (κ1) is 20.7. The van der Waals surface area contributed by atoms with Gasteiger partial charge in [0.15, 0.2) is 0 Å². The van der Waals surface area contributed by atoms with Gasteiger partial charge >= 0.3 is 12.2 Å². The monoisotopic (exact) mass is 348 g/mol. The first-order chi connectivity index (χ1) is 10.3. The molecule has 0 heterocycles. The van der Waals surface area contributed by atoms with E-state index in [0.29, 0.717) is 11.5 Å². The van der Waals surface area contributed by atoms with E-state index < -0.39 is 12.2 Å². The van der Waals surface area contributed by atoms with Crippen LogP contribution in [-0.4, -0.2) is 50.0 Å². The van der Waals surface area contributed by atoms with Gasteiger partial charge in [-0.05, 0) is 13.8 Å². The van der Waals surface area contributed by atoms with Crippen LogP contribution < -0.4 is 10.6 Å². The summed E-state index contributed by atoms with van der Waals surface area (Å²) in [7, 11) is 5.79. The van der Waals surface area contributed by atoms with E-state index in [1.807, 2.05) is 13.8 Å². The van der Waals surface area contributed by atoms with Gasteiger partial charge in [-0.2, -0.15) is 0 Å². The minimum absolute atomic E-state index is 0.165. The number of alkyl carbamates (subject to hydrolysis) is 2. The van der Waals surface area contributed by atoms with Crippen LogP contribution in [0.3, 0.4) is 0 Å². The summed E-state index contributed by atoms with van der Waals surface area (Å²) in [5.41, 5.74) is 1.70. The molecule has 0 aliphatic rings. The summed E-state index contributed by atoms with van der Waals surface area (Å²) in [6.07, 6.45) is -0.962. The van der Waals surface area contributed by atoms with Crippen LogP contribution in [-0.2, 0) is 9.47 Å². The van der Waals surface area contributed by atoms with Crippen LogP contribution in [0.5, 0.6) is 0 Å². The topological polar surface area (TPSA) is 76.7 Å². The van der Waals surface area contributed by atoms with Crippen LogP contribution in [0.15, 0.2) is 24.3 Å². The molecular formula is C14H24N2O4S2. The average molecular weight is 348 g/mol. The molecular weight excluding hydrogens is 324 g/mol. The molecule has 126 valence electrons. The number of carbonyl (C=O) groups is 2. The van der Waals surface area contributed by atoms with Gasteiger partial charge in [0.05, 0.1) is 26.3 Å². The Bertz CT molecular complexity index is 378. The molecule has 22 heavy (non-hydrogen) atoms. The molecule has 0 aromatic rings. The van der Waals surface area contributed by atoms with E-state index in [2.05, 4.69) is 33.3 Å². The summed E-state index contributed by atoms with van der Waals surface area (Å²) in [4.78, 5) is 22.5. The highest BCUT2D eigenvalue weighted by Gasteiger charge is 2.16. The lowest BCUT2D eigenvalue weighted by Crippen LogP contribution is -2.38. The van der Waals surface area contributed by atoms with Crippen molar-refractivity contribution in [1.82, 2.24) is 10.6 Å². The van der Waals surface area contributed by atoms with Crippen LogP contribution in [0.2, 0.25) is 0 Å². The molecule has 0 saturated carbocycles. The van der Waals surface area contributed by atoms with Crippen molar-refractivity contribution in [3.05, 3.63) is 24.3 Å². The second kappa shape index (κ2) is 11.3. The molecule has 0 spiro atoms. The predicted octanol–water partition coefficient (Wildman–Crippen LogP) is 2.97. The fourth-order valence-corrected chi connectivity index (χ4v) is 3.84. The molecule has 0 fully saturated rings. The van der Waals surface area contributed by atoms with E-state index in [1.165, 1.54) is 14.2 Å². The van der Waals surface area contributed by atoms with Crippen LogP contribution in [0.4, 0.5) is 9.59 Å². The SMILES string of the molecule is C=C(C)C(CSSCC(NC(=O)OC)C(=C)C)NC(=O)OC. The molecule has 8 heteroatoms. The molecule has 2 atom stereocenters. The maximum atomic E-state index is 11.2. The Balaban J connectivity index is 4.24. The molecule has 0 aromatic carbocycles. The summed E-state index contributed by atoms with van der Waals surface area (Å²) in [6.45, 7) is 11.4. The second-order valence-corrected chi connectivity index (χ2v) is 7.19. The van der Waals surface area contributed by atoms with Gasteiger partial charge in [-0.3, -0.25) is 0 Å². The maximum absolute atomic E-state index is 11.2. The zero-order valence-electron chi connectivity index (χ0n) is 13.4. The fourth-order valence-electron chi connectivity index (χ4n) is 1.25. The van der Waals surface area contributed by atoms with E-state index in [0.717, 1.165) is 11.1 Å². The minimum Gasteiger partial charge on any atom is -0.453 e. The molecule has 2 amide bonds. The molecule has 0 aromatic heterocycles.